The quantitative estimate of drug-likeness (QED) is 0.786. The number of anilines is 1. The molecule has 0 saturated carbocycles. The van der Waals surface area contributed by atoms with E-state index in [4.69, 9.17) is 5.73 Å². The summed E-state index contributed by atoms with van der Waals surface area (Å²) in [5.74, 6) is -0.0144. The fourth-order valence-electron chi connectivity index (χ4n) is 2.10. The van der Waals surface area contributed by atoms with Gasteiger partial charge >= 0.3 is 0 Å². The highest BCUT2D eigenvalue weighted by molar-refractivity contribution is 5.96. The summed E-state index contributed by atoms with van der Waals surface area (Å²) >= 11 is 0. The smallest absolute Gasteiger partial charge is 0.251 e. The van der Waals surface area contributed by atoms with E-state index in [-0.39, 0.29) is 11.9 Å². The van der Waals surface area contributed by atoms with Gasteiger partial charge in [0.2, 0.25) is 0 Å². The Labute approximate surface area is 110 Å². The predicted octanol–water partition coefficient (Wildman–Crippen LogP) is 3.19. The van der Waals surface area contributed by atoms with E-state index in [0.29, 0.717) is 11.3 Å². The van der Waals surface area contributed by atoms with Crippen LogP contribution in [0.4, 0.5) is 5.69 Å². The minimum absolute atomic E-state index is 0.0144. The number of hydrogen-bond donors (Lipinski definition) is 2. The molecule has 0 aliphatic carbocycles. The summed E-state index contributed by atoms with van der Waals surface area (Å²) in [6, 6.07) is 3.99. The van der Waals surface area contributed by atoms with E-state index in [1.807, 2.05) is 19.9 Å². The number of hydrogen-bond acceptors (Lipinski definition) is 2. The molecule has 0 spiro atoms. The van der Waals surface area contributed by atoms with Crippen molar-refractivity contribution in [3.63, 3.8) is 0 Å². The minimum Gasteiger partial charge on any atom is -0.398 e. The average Bonchev–Trinajstić information content (AvgIpc) is 2.33. The molecule has 0 aliphatic heterocycles. The Hall–Kier alpha value is -1.51. The lowest BCUT2D eigenvalue weighted by molar-refractivity contribution is 0.0933. The third kappa shape index (κ3) is 3.49. The zero-order chi connectivity index (χ0) is 13.7. The average molecular weight is 248 g/mol. The van der Waals surface area contributed by atoms with Gasteiger partial charge < -0.3 is 11.1 Å². The number of benzene rings is 1. The van der Waals surface area contributed by atoms with Crippen LogP contribution in [-0.2, 0) is 0 Å². The maximum atomic E-state index is 12.2. The van der Waals surface area contributed by atoms with Crippen molar-refractivity contribution >= 4 is 11.6 Å². The molecule has 1 aromatic carbocycles. The first-order valence-electron chi connectivity index (χ1n) is 6.67. The van der Waals surface area contributed by atoms with Crippen molar-refractivity contribution in [2.45, 2.75) is 53.0 Å². The van der Waals surface area contributed by atoms with Crippen molar-refractivity contribution in [3.05, 3.63) is 28.8 Å². The van der Waals surface area contributed by atoms with Crippen LogP contribution in [0.5, 0.6) is 0 Å². The number of rotatable bonds is 5. The van der Waals surface area contributed by atoms with Crippen LogP contribution in [0.3, 0.4) is 0 Å². The molecule has 1 atom stereocenters. The highest BCUT2D eigenvalue weighted by Gasteiger charge is 2.14. The summed E-state index contributed by atoms with van der Waals surface area (Å²) in [6.07, 6.45) is 3.05. The minimum atomic E-state index is -0.0144. The number of carbonyl (C=O) groups is 1. The van der Waals surface area contributed by atoms with Gasteiger partial charge in [-0.25, -0.2) is 0 Å². The molecular formula is C15H24N2O. The van der Waals surface area contributed by atoms with E-state index in [9.17, 15) is 4.79 Å². The molecule has 1 unspecified atom stereocenters. The summed E-state index contributed by atoms with van der Waals surface area (Å²) in [5, 5.41) is 3.08. The van der Waals surface area contributed by atoms with Crippen molar-refractivity contribution in [2.75, 3.05) is 5.73 Å². The second kappa shape index (κ2) is 6.43. The lowest BCUT2D eigenvalue weighted by Gasteiger charge is -2.17. The predicted molar refractivity (Wildman–Crippen MR) is 76.8 cm³/mol. The van der Waals surface area contributed by atoms with Crippen LogP contribution in [0.25, 0.3) is 0 Å². The molecule has 3 N–H and O–H groups in total. The van der Waals surface area contributed by atoms with Crippen molar-refractivity contribution in [1.29, 1.82) is 0 Å². The third-order valence-electron chi connectivity index (χ3n) is 3.32. The fraction of sp³-hybridized carbons (Fsp3) is 0.533. The van der Waals surface area contributed by atoms with Gasteiger partial charge in [0.25, 0.3) is 5.91 Å². The molecule has 0 saturated heterocycles. The van der Waals surface area contributed by atoms with E-state index in [1.165, 1.54) is 0 Å². The van der Waals surface area contributed by atoms with E-state index in [1.54, 1.807) is 6.07 Å². The molecular weight excluding hydrogens is 224 g/mol. The lowest BCUT2D eigenvalue weighted by atomic mass is 10.0. The topological polar surface area (TPSA) is 55.1 Å². The zero-order valence-corrected chi connectivity index (χ0v) is 11.8. The Morgan fingerprint density at radius 1 is 1.28 bits per heavy atom. The van der Waals surface area contributed by atoms with E-state index in [2.05, 4.69) is 19.2 Å². The van der Waals surface area contributed by atoms with Crippen LogP contribution in [-0.4, -0.2) is 11.9 Å². The molecule has 0 aromatic heterocycles. The molecule has 100 valence electrons. The molecule has 1 amide bonds. The number of aryl methyl sites for hydroxylation is 2. The second-order valence-corrected chi connectivity index (χ2v) is 4.89. The Morgan fingerprint density at radius 3 is 2.50 bits per heavy atom. The van der Waals surface area contributed by atoms with Gasteiger partial charge in [0.05, 0.1) is 0 Å². The van der Waals surface area contributed by atoms with Crippen molar-refractivity contribution in [1.82, 2.24) is 5.32 Å². The fourth-order valence-corrected chi connectivity index (χ4v) is 2.10. The third-order valence-corrected chi connectivity index (χ3v) is 3.32. The molecule has 18 heavy (non-hydrogen) atoms. The standard InChI is InChI=1S/C15H24N2O/c1-5-7-12(6-2)17-15(18)13-9-14(16)11(4)8-10(13)3/h8-9,12H,5-7,16H2,1-4H3,(H,17,18). The monoisotopic (exact) mass is 248 g/mol. The number of amides is 1. The van der Waals surface area contributed by atoms with Crippen molar-refractivity contribution in [2.24, 2.45) is 0 Å². The normalized spacial score (nSPS) is 12.2. The maximum Gasteiger partial charge on any atom is 0.251 e. The maximum absolute atomic E-state index is 12.2. The SMILES string of the molecule is CCCC(CC)NC(=O)c1cc(N)c(C)cc1C. The van der Waals surface area contributed by atoms with Crippen LogP contribution < -0.4 is 11.1 Å². The summed E-state index contributed by atoms with van der Waals surface area (Å²) in [7, 11) is 0. The lowest BCUT2D eigenvalue weighted by Crippen LogP contribution is -2.34. The largest absolute Gasteiger partial charge is 0.398 e. The molecule has 0 fully saturated rings. The number of carbonyl (C=O) groups excluding carboxylic acids is 1. The molecule has 1 aromatic rings. The van der Waals surface area contributed by atoms with E-state index >= 15 is 0 Å². The van der Waals surface area contributed by atoms with Gasteiger partial charge in [0.1, 0.15) is 0 Å². The molecule has 0 bridgehead atoms. The first kappa shape index (κ1) is 14.6. The highest BCUT2D eigenvalue weighted by atomic mass is 16.1. The van der Waals surface area contributed by atoms with Gasteiger partial charge in [-0.15, -0.1) is 0 Å². The van der Waals surface area contributed by atoms with Gasteiger partial charge in [-0.3, -0.25) is 4.79 Å². The number of nitrogen functional groups attached to an aromatic ring is 1. The van der Waals surface area contributed by atoms with Gasteiger partial charge in [0.15, 0.2) is 0 Å². The van der Waals surface area contributed by atoms with Crippen LogP contribution in [0.15, 0.2) is 12.1 Å². The Bertz CT molecular complexity index is 427. The van der Waals surface area contributed by atoms with Crippen LogP contribution in [0.2, 0.25) is 0 Å². The summed E-state index contributed by atoms with van der Waals surface area (Å²) < 4.78 is 0. The molecule has 0 heterocycles. The Balaban J connectivity index is 2.87. The van der Waals surface area contributed by atoms with Gasteiger partial charge in [-0.2, -0.15) is 0 Å². The summed E-state index contributed by atoms with van der Waals surface area (Å²) in [6.45, 7) is 8.12. The van der Waals surface area contributed by atoms with Gasteiger partial charge in [0, 0.05) is 17.3 Å². The first-order chi connectivity index (χ1) is 8.49. The molecule has 0 radical (unpaired) electrons. The van der Waals surface area contributed by atoms with E-state index in [0.717, 1.165) is 30.4 Å². The zero-order valence-electron chi connectivity index (χ0n) is 11.8. The molecule has 3 heteroatoms. The first-order valence-corrected chi connectivity index (χ1v) is 6.67. The summed E-state index contributed by atoms with van der Waals surface area (Å²) in [5.41, 5.74) is 9.23. The van der Waals surface area contributed by atoms with Gasteiger partial charge in [-0.1, -0.05) is 26.3 Å². The van der Waals surface area contributed by atoms with Crippen molar-refractivity contribution < 1.29 is 4.79 Å². The van der Waals surface area contributed by atoms with Gasteiger partial charge in [-0.05, 0) is 43.9 Å². The highest BCUT2D eigenvalue weighted by Crippen LogP contribution is 2.18. The summed E-state index contributed by atoms with van der Waals surface area (Å²) in [4.78, 5) is 12.2. The molecule has 3 nitrogen and oxygen atoms in total. The number of nitrogens with one attached hydrogen (secondary N) is 1. The van der Waals surface area contributed by atoms with E-state index < -0.39 is 0 Å². The Morgan fingerprint density at radius 2 is 1.94 bits per heavy atom. The van der Waals surface area contributed by atoms with Crippen LogP contribution in [0.1, 0.15) is 54.6 Å². The van der Waals surface area contributed by atoms with Crippen LogP contribution in [0, 0.1) is 13.8 Å². The second-order valence-electron chi connectivity index (χ2n) is 4.89. The molecule has 0 aliphatic rings. The van der Waals surface area contributed by atoms with Crippen molar-refractivity contribution in [3.8, 4) is 0 Å². The molecule has 1 rings (SSSR count). The number of nitrogens with two attached hydrogens (primary N) is 1. The Kier molecular flexibility index (Phi) is 5.20. The van der Waals surface area contributed by atoms with Crippen LogP contribution >= 0.6 is 0 Å².